The standard InChI is InChI=1S/C7H10O6/c1-2-11-7(10)5-4(6(8)9)12-3-13-5/h4-5H,2-3H2,1H3,(H,8,9)/t4-,5?/m1/s1. The Morgan fingerprint density at radius 2 is 2.08 bits per heavy atom. The van der Waals surface area contributed by atoms with E-state index in [4.69, 9.17) is 9.84 Å². The molecule has 6 heteroatoms. The number of hydrogen-bond acceptors (Lipinski definition) is 5. The Morgan fingerprint density at radius 1 is 1.46 bits per heavy atom. The van der Waals surface area contributed by atoms with Gasteiger partial charge in [0.2, 0.25) is 0 Å². The molecule has 0 saturated carbocycles. The van der Waals surface area contributed by atoms with E-state index in [-0.39, 0.29) is 13.4 Å². The zero-order valence-corrected chi connectivity index (χ0v) is 7.06. The van der Waals surface area contributed by atoms with Gasteiger partial charge >= 0.3 is 11.9 Å². The fourth-order valence-corrected chi connectivity index (χ4v) is 0.977. The van der Waals surface area contributed by atoms with Crippen molar-refractivity contribution in [3.63, 3.8) is 0 Å². The topological polar surface area (TPSA) is 82.1 Å². The molecule has 2 atom stereocenters. The fourth-order valence-electron chi connectivity index (χ4n) is 0.977. The number of carbonyl (C=O) groups excluding carboxylic acids is 1. The van der Waals surface area contributed by atoms with E-state index in [1.165, 1.54) is 0 Å². The summed E-state index contributed by atoms with van der Waals surface area (Å²) in [7, 11) is 0. The molecule has 1 unspecified atom stereocenters. The first kappa shape index (κ1) is 9.94. The van der Waals surface area contributed by atoms with Crippen molar-refractivity contribution in [2.75, 3.05) is 13.4 Å². The summed E-state index contributed by atoms with van der Waals surface area (Å²) >= 11 is 0. The van der Waals surface area contributed by atoms with Gasteiger partial charge in [-0.25, -0.2) is 9.59 Å². The van der Waals surface area contributed by atoms with Crippen LogP contribution in [0.25, 0.3) is 0 Å². The van der Waals surface area contributed by atoms with Crippen LogP contribution in [0.4, 0.5) is 0 Å². The van der Waals surface area contributed by atoms with E-state index in [0.29, 0.717) is 0 Å². The molecule has 1 heterocycles. The Bertz CT molecular complexity index is 213. The molecule has 74 valence electrons. The molecule has 0 spiro atoms. The third-order valence-electron chi connectivity index (χ3n) is 1.53. The van der Waals surface area contributed by atoms with E-state index in [9.17, 15) is 9.59 Å². The first-order valence-corrected chi connectivity index (χ1v) is 3.79. The summed E-state index contributed by atoms with van der Waals surface area (Å²) in [4.78, 5) is 21.6. The van der Waals surface area contributed by atoms with Crippen LogP contribution in [0.15, 0.2) is 0 Å². The highest BCUT2D eigenvalue weighted by Gasteiger charge is 2.41. The number of carboxylic acids is 1. The van der Waals surface area contributed by atoms with Crippen LogP contribution in [0.5, 0.6) is 0 Å². The van der Waals surface area contributed by atoms with Gasteiger partial charge < -0.3 is 19.3 Å². The number of ether oxygens (including phenoxy) is 3. The number of aliphatic carboxylic acids is 1. The molecule has 0 radical (unpaired) electrons. The van der Waals surface area contributed by atoms with Gasteiger partial charge in [0.15, 0.2) is 12.2 Å². The molecule has 1 rings (SSSR count). The Hall–Kier alpha value is -1.14. The molecule has 1 saturated heterocycles. The maximum Gasteiger partial charge on any atom is 0.338 e. The highest BCUT2D eigenvalue weighted by atomic mass is 16.7. The van der Waals surface area contributed by atoms with Gasteiger partial charge in [-0.15, -0.1) is 0 Å². The van der Waals surface area contributed by atoms with E-state index in [0.717, 1.165) is 0 Å². The van der Waals surface area contributed by atoms with Crippen molar-refractivity contribution in [3.05, 3.63) is 0 Å². The molecule has 1 N–H and O–H groups in total. The van der Waals surface area contributed by atoms with Crippen LogP contribution in [-0.2, 0) is 23.8 Å². The second-order valence-corrected chi connectivity index (χ2v) is 2.38. The highest BCUT2D eigenvalue weighted by Crippen LogP contribution is 2.14. The molecule has 0 aromatic carbocycles. The number of carboxylic acid groups (broad SMARTS) is 1. The lowest BCUT2D eigenvalue weighted by atomic mass is 10.2. The van der Waals surface area contributed by atoms with Gasteiger partial charge in [-0.2, -0.15) is 0 Å². The highest BCUT2D eigenvalue weighted by molar-refractivity contribution is 5.85. The molecular formula is C7H10O6. The monoisotopic (exact) mass is 190 g/mol. The predicted octanol–water partition coefficient (Wildman–Crippen LogP) is -0.624. The summed E-state index contributed by atoms with van der Waals surface area (Å²) in [5, 5.41) is 8.59. The van der Waals surface area contributed by atoms with Crippen LogP contribution < -0.4 is 0 Å². The average Bonchev–Trinajstić information content (AvgIpc) is 2.52. The van der Waals surface area contributed by atoms with E-state index < -0.39 is 24.1 Å². The van der Waals surface area contributed by atoms with Crippen molar-refractivity contribution >= 4 is 11.9 Å². The summed E-state index contributed by atoms with van der Waals surface area (Å²) in [5.41, 5.74) is 0. The second-order valence-electron chi connectivity index (χ2n) is 2.38. The number of hydrogen-bond donors (Lipinski definition) is 1. The minimum atomic E-state index is -1.25. The van der Waals surface area contributed by atoms with Crippen molar-refractivity contribution < 1.29 is 28.9 Å². The maximum atomic E-state index is 11.1. The molecular weight excluding hydrogens is 180 g/mol. The van der Waals surface area contributed by atoms with Gasteiger partial charge in [0.25, 0.3) is 0 Å². The molecule has 0 aromatic heterocycles. The SMILES string of the molecule is CCOC(=O)C1OCO[C@H]1C(=O)O. The van der Waals surface area contributed by atoms with E-state index in [1.807, 2.05) is 0 Å². The van der Waals surface area contributed by atoms with Crippen LogP contribution in [0.1, 0.15) is 6.92 Å². The second kappa shape index (κ2) is 4.20. The van der Waals surface area contributed by atoms with E-state index >= 15 is 0 Å². The van der Waals surface area contributed by atoms with Crippen molar-refractivity contribution in [2.45, 2.75) is 19.1 Å². The molecule has 13 heavy (non-hydrogen) atoms. The quantitative estimate of drug-likeness (QED) is 0.597. The van der Waals surface area contributed by atoms with Crippen molar-refractivity contribution in [1.29, 1.82) is 0 Å². The molecule has 1 fully saturated rings. The van der Waals surface area contributed by atoms with Crippen LogP contribution in [0.2, 0.25) is 0 Å². The third-order valence-corrected chi connectivity index (χ3v) is 1.53. The first-order valence-electron chi connectivity index (χ1n) is 3.79. The molecule has 6 nitrogen and oxygen atoms in total. The van der Waals surface area contributed by atoms with Crippen LogP contribution in [-0.4, -0.2) is 42.7 Å². The number of esters is 1. The molecule has 0 aliphatic carbocycles. The van der Waals surface area contributed by atoms with Gasteiger partial charge in [0.05, 0.1) is 6.61 Å². The average molecular weight is 190 g/mol. The van der Waals surface area contributed by atoms with Crippen molar-refractivity contribution in [2.24, 2.45) is 0 Å². The zero-order chi connectivity index (χ0) is 9.84. The van der Waals surface area contributed by atoms with Crippen LogP contribution in [0, 0.1) is 0 Å². The van der Waals surface area contributed by atoms with Gasteiger partial charge in [-0.3, -0.25) is 0 Å². The largest absolute Gasteiger partial charge is 0.479 e. The minimum Gasteiger partial charge on any atom is -0.479 e. The van der Waals surface area contributed by atoms with Gasteiger partial charge in [-0.1, -0.05) is 0 Å². The van der Waals surface area contributed by atoms with Crippen molar-refractivity contribution in [1.82, 2.24) is 0 Å². The molecule has 1 aliphatic heterocycles. The molecule has 0 amide bonds. The van der Waals surface area contributed by atoms with Gasteiger partial charge in [0, 0.05) is 0 Å². The van der Waals surface area contributed by atoms with Crippen LogP contribution in [0.3, 0.4) is 0 Å². The van der Waals surface area contributed by atoms with Crippen LogP contribution >= 0.6 is 0 Å². The predicted molar refractivity (Wildman–Crippen MR) is 38.9 cm³/mol. The maximum absolute atomic E-state index is 11.1. The Labute approximate surface area is 74.4 Å². The summed E-state index contributed by atoms with van der Waals surface area (Å²) in [5.74, 6) is -1.93. The Morgan fingerprint density at radius 3 is 2.62 bits per heavy atom. The first-order chi connectivity index (χ1) is 6.16. The normalized spacial score (nSPS) is 27.2. The number of rotatable bonds is 3. The summed E-state index contributed by atoms with van der Waals surface area (Å²) in [6.07, 6.45) is -2.39. The van der Waals surface area contributed by atoms with Gasteiger partial charge in [0.1, 0.15) is 6.79 Å². The lowest BCUT2D eigenvalue weighted by molar-refractivity contribution is -0.160. The fraction of sp³-hybridized carbons (Fsp3) is 0.714. The Balaban J connectivity index is 2.57. The molecule has 0 aromatic rings. The summed E-state index contributed by atoms with van der Waals surface area (Å²) < 4.78 is 14.0. The van der Waals surface area contributed by atoms with Crippen molar-refractivity contribution in [3.8, 4) is 0 Å². The molecule has 1 aliphatic rings. The van der Waals surface area contributed by atoms with E-state index in [2.05, 4.69) is 9.47 Å². The minimum absolute atomic E-state index is 0.186. The lowest BCUT2D eigenvalue weighted by Gasteiger charge is -2.10. The third kappa shape index (κ3) is 2.16. The summed E-state index contributed by atoms with van der Waals surface area (Å²) in [6.45, 7) is 1.62. The lowest BCUT2D eigenvalue weighted by Crippen LogP contribution is -2.38. The number of carbonyl (C=O) groups is 2. The smallest absolute Gasteiger partial charge is 0.338 e. The Kier molecular flexibility index (Phi) is 3.21. The molecule has 0 bridgehead atoms. The van der Waals surface area contributed by atoms with Gasteiger partial charge in [-0.05, 0) is 6.92 Å². The zero-order valence-electron chi connectivity index (χ0n) is 7.06. The van der Waals surface area contributed by atoms with E-state index in [1.54, 1.807) is 6.92 Å². The summed E-state index contributed by atoms with van der Waals surface area (Å²) in [6, 6.07) is 0.